The van der Waals surface area contributed by atoms with Crippen molar-refractivity contribution in [3.8, 4) is 5.88 Å². The summed E-state index contributed by atoms with van der Waals surface area (Å²) in [6.45, 7) is 8.06. The molecule has 0 aliphatic heterocycles. The van der Waals surface area contributed by atoms with Crippen molar-refractivity contribution in [3.63, 3.8) is 0 Å². The fourth-order valence-corrected chi connectivity index (χ4v) is 1.62. The van der Waals surface area contributed by atoms with E-state index in [1.165, 1.54) is 7.11 Å². The monoisotopic (exact) mass is 267 g/mol. The number of rotatable bonds is 6. The molecule has 0 bridgehead atoms. The maximum atomic E-state index is 11.7. The molecule has 1 aromatic rings. The number of nitrogens with one attached hydrogen (secondary N) is 1. The summed E-state index contributed by atoms with van der Waals surface area (Å²) < 4.78 is 10.1. The molecule has 1 N–H and O–H groups in total. The number of hydrogen-bond donors (Lipinski definition) is 1. The molecule has 0 saturated carbocycles. The third kappa shape index (κ3) is 4.39. The molecule has 1 unspecified atom stereocenters. The molecular formula is C13H21N3O3. The van der Waals surface area contributed by atoms with E-state index in [-0.39, 0.29) is 11.9 Å². The molecule has 0 radical (unpaired) electrons. The van der Waals surface area contributed by atoms with Crippen LogP contribution < -0.4 is 10.1 Å². The van der Waals surface area contributed by atoms with Crippen LogP contribution in [-0.4, -0.2) is 35.7 Å². The molecule has 0 aliphatic rings. The van der Waals surface area contributed by atoms with E-state index in [2.05, 4.69) is 15.3 Å². The maximum Gasteiger partial charge on any atom is 0.328 e. The number of carbonyl (C=O) groups excluding carboxylic acids is 1. The van der Waals surface area contributed by atoms with E-state index >= 15 is 0 Å². The van der Waals surface area contributed by atoms with Crippen LogP contribution in [0.3, 0.4) is 0 Å². The van der Waals surface area contributed by atoms with Crippen molar-refractivity contribution in [1.29, 1.82) is 0 Å². The van der Waals surface area contributed by atoms with E-state index in [1.54, 1.807) is 13.0 Å². The van der Waals surface area contributed by atoms with E-state index < -0.39 is 6.04 Å². The summed E-state index contributed by atoms with van der Waals surface area (Å²) in [6, 6.07) is 1.23. The van der Waals surface area contributed by atoms with Crippen LogP contribution in [-0.2, 0) is 9.53 Å². The van der Waals surface area contributed by atoms with Crippen LogP contribution in [0.2, 0.25) is 0 Å². The molecule has 0 fully saturated rings. The van der Waals surface area contributed by atoms with Crippen LogP contribution in [0.5, 0.6) is 5.88 Å². The number of hydrogen-bond acceptors (Lipinski definition) is 6. The van der Waals surface area contributed by atoms with Gasteiger partial charge in [-0.05, 0) is 19.8 Å². The van der Waals surface area contributed by atoms with Crippen molar-refractivity contribution < 1.29 is 14.3 Å². The molecule has 1 atom stereocenters. The minimum absolute atomic E-state index is 0.0817. The summed E-state index contributed by atoms with van der Waals surface area (Å²) in [5.74, 6) is 1.40. The number of nitrogens with zero attached hydrogens (tertiary/aromatic N) is 2. The Morgan fingerprint density at radius 3 is 2.63 bits per heavy atom. The topological polar surface area (TPSA) is 73.3 Å². The van der Waals surface area contributed by atoms with Gasteiger partial charge in [0.25, 0.3) is 0 Å². The summed E-state index contributed by atoms with van der Waals surface area (Å²) in [5, 5.41) is 3.06. The van der Waals surface area contributed by atoms with Crippen LogP contribution in [0.1, 0.15) is 26.6 Å². The van der Waals surface area contributed by atoms with Gasteiger partial charge in [0.1, 0.15) is 17.7 Å². The summed E-state index contributed by atoms with van der Waals surface area (Å²) in [4.78, 5) is 20.1. The van der Waals surface area contributed by atoms with Crippen molar-refractivity contribution >= 4 is 11.8 Å². The van der Waals surface area contributed by atoms with Crippen molar-refractivity contribution in [2.75, 3.05) is 19.0 Å². The molecule has 0 aliphatic carbocycles. The lowest BCUT2D eigenvalue weighted by atomic mass is 10.0. The van der Waals surface area contributed by atoms with Gasteiger partial charge in [-0.2, -0.15) is 4.98 Å². The van der Waals surface area contributed by atoms with Crippen LogP contribution >= 0.6 is 0 Å². The third-order valence-corrected chi connectivity index (χ3v) is 2.53. The van der Waals surface area contributed by atoms with Gasteiger partial charge in [0.15, 0.2) is 0 Å². The first-order valence-electron chi connectivity index (χ1n) is 6.30. The van der Waals surface area contributed by atoms with Gasteiger partial charge in [-0.3, -0.25) is 0 Å². The number of aryl methyl sites for hydroxylation is 1. The smallest absolute Gasteiger partial charge is 0.328 e. The first kappa shape index (κ1) is 15.2. The Labute approximate surface area is 113 Å². The molecule has 1 rings (SSSR count). The molecular weight excluding hydrogens is 246 g/mol. The Balaban J connectivity index is 2.92. The minimum Gasteiger partial charge on any atom is -0.478 e. The molecule has 6 heteroatoms. The number of carbonyl (C=O) groups is 1. The summed E-state index contributed by atoms with van der Waals surface area (Å²) >= 11 is 0. The number of anilines is 1. The molecule has 0 aromatic carbocycles. The molecule has 0 amide bonds. The minimum atomic E-state index is -0.450. The van der Waals surface area contributed by atoms with Gasteiger partial charge in [0.2, 0.25) is 5.88 Å². The fourth-order valence-electron chi connectivity index (χ4n) is 1.62. The largest absolute Gasteiger partial charge is 0.478 e. The number of esters is 1. The normalized spacial score (nSPS) is 12.1. The van der Waals surface area contributed by atoms with Gasteiger partial charge in [-0.1, -0.05) is 13.8 Å². The van der Waals surface area contributed by atoms with E-state index in [0.717, 1.165) is 0 Å². The van der Waals surface area contributed by atoms with Gasteiger partial charge in [0.05, 0.1) is 13.7 Å². The molecule has 19 heavy (non-hydrogen) atoms. The highest BCUT2D eigenvalue weighted by Gasteiger charge is 2.23. The maximum absolute atomic E-state index is 11.7. The lowest BCUT2D eigenvalue weighted by Gasteiger charge is -2.20. The van der Waals surface area contributed by atoms with E-state index in [4.69, 9.17) is 9.47 Å². The second kappa shape index (κ2) is 6.92. The lowest BCUT2D eigenvalue weighted by Crippen LogP contribution is -2.35. The molecule has 106 valence electrons. The Hall–Kier alpha value is -1.85. The average molecular weight is 267 g/mol. The van der Waals surface area contributed by atoms with Crippen LogP contribution in [0.4, 0.5) is 5.82 Å². The standard InChI is InChI=1S/C13H21N3O3/c1-6-19-11-7-10(14-9(4)15-11)16-12(8(2)3)13(17)18-5/h7-8,12H,6H2,1-5H3,(H,14,15,16). The van der Waals surface area contributed by atoms with Crippen molar-refractivity contribution in [2.45, 2.75) is 33.7 Å². The second-order valence-electron chi connectivity index (χ2n) is 4.46. The molecule has 1 aromatic heterocycles. The van der Waals surface area contributed by atoms with Crippen molar-refractivity contribution in [3.05, 3.63) is 11.9 Å². The summed E-state index contributed by atoms with van der Waals surface area (Å²) in [7, 11) is 1.37. The molecule has 1 heterocycles. The van der Waals surface area contributed by atoms with E-state index in [1.807, 2.05) is 20.8 Å². The zero-order valence-electron chi connectivity index (χ0n) is 12.1. The Bertz CT molecular complexity index is 435. The number of ether oxygens (including phenoxy) is 2. The second-order valence-corrected chi connectivity index (χ2v) is 4.46. The highest BCUT2D eigenvalue weighted by atomic mass is 16.5. The molecule has 0 spiro atoms. The van der Waals surface area contributed by atoms with Crippen molar-refractivity contribution in [1.82, 2.24) is 9.97 Å². The fraction of sp³-hybridized carbons (Fsp3) is 0.615. The first-order chi connectivity index (χ1) is 8.97. The van der Waals surface area contributed by atoms with Gasteiger partial charge >= 0.3 is 5.97 Å². The summed E-state index contributed by atoms with van der Waals surface area (Å²) in [5.41, 5.74) is 0. The molecule has 6 nitrogen and oxygen atoms in total. The Kier molecular flexibility index (Phi) is 5.54. The Morgan fingerprint density at radius 1 is 1.42 bits per heavy atom. The van der Waals surface area contributed by atoms with Gasteiger partial charge in [-0.15, -0.1) is 0 Å². The van der Waals surface area contributed by atoms with Gasteiger partial charge in [-0.25, -0.2) is 9.78 Å². The van der Waals surface area contributed by atoms with Crippen LogP contribution in [0, 0.1) is 12.8 Å². The van der Waals surface area contributed by atoms with E-state index in [9.17, 15) is 4.79 Å². The quantitative estimate of drug-likeness (QED) is 0.792. The lowest BCUT2D eigenvalue weighted by molar-refractivity contribution is -0.142. The van der Waals surface area contributed by atoms with E-state index in [0.29, 0.717) is 24.1 Å². The van der Waals surface area contributed by atoms with Crippen LogP contribution in [0.15, 0.2) is 6.07 Å². The highest BCUT2D eigenvalue weighted by molar-refractivity contribution is 5.79. The highest BCUT2D eigenvalue weighted by Crippen LogP contribution is 2.17. The number of aromatic nitrogens is 2. The number of methoxy groups -OCH3 is 1. The van der Waals surface area contributed by atoms with Crippen LogP contribution in [0.25, 0.3) is 0 Å². The SMILES string of the molecule is CCOc1cc(NC(C(=O)OC)C(C)C)nc(C)n1. The molecule has 0 saturated heterocycles. The zero-order valence-corrected chi connectivity index (χ0v) is 12.1. The van der Waals surface area contributed by atoms with Gasteiger partial charge in [0, 0.05) is 6.07 Å². The van der Waals surface area contributed by atoms with Crippen molar-refractivity contribution in [2.24, 2.45) is 5.92 Å². The average Bonchev–Trinajstić information content (AvgIpc) is 2.34. The summed E-state index contributed by atoms with van der Waals surface area (Å²) in [6.07, 6.45) is 0. The van der Waals surface area contributed by atoms with Gasteiger partial charge < -0.3 is 14.8 Å². The first-order valence-corrected chi connectivity index (χ1v) is 6.30. The predicted octanol–water partition coefficient (Wildman–Crippen LogP) is 1.79. The Morgan fingerprint density at radius 2 is 2.11 bits per heavy atom. The third-order valence-electron chi connectivity index (χ3n) is 2.53. The predicted molar refractivity (Wildman–Crippen MR) is 72.2 cm³/mol. The zero-order chi connectivity index (χ0) is 14.4.